The van der Waals surface area contributed by atoms with E-state index in [0.29, 0.717) is 12.8 Å². The minimum Gasteiger partial charge on any atom is -0.481 e. The van der Waals surface area contributed by atoms with Crippen LogP contribution in [0.1, 0.15) is 47.0 Å². The molecule has 0 unspecified atom stereocenters. The number of aliphatic carboxylic acids is 1. The van der Waals surface area contributed by atoms with E-state index in [9.17, 15) is 19.3 Å². The topological polar surface area (TPSA) is 127 Å². The summed E-state index contributed by atoms with van der Waals surface area (Å²) in [6.07, 6.45) is -2.14. The summed E-state index contributed by atoms with van der Waals surface area (Å²) >= 11 is 0. The fraction of sp³-hybridized carbons (Fsp3) is 0.913. The van der Waals surface area contributed by atoms with Crippen LogP contribution in [0.25, 0.3) is 0 Å². The van der Waals surface area contributed by atoms with Crippen LogP contribution in [0.3, 0.4) is 0 Å². The summed E-state index contributed by atoms with van der Waals surface area (Å²) in [7, 11) is -0.268. The molecule has 1 aliphatic heterocycles. The lowest BCUT2D eigenvalue weighted by Crippen LogP contribution is -2.52. The maximum Gasteiger partial charge on any atom is 0.337 e. The van der Waals surface area contributed by atoms with Gasteiger partial charge in [-0.2, -0.15) is 0 Å². The van der Waals surface area contributed by atoms with Crippen LogP contribution in [0, 0.1) is 11.8 Å². The first-order valence-electron chi connectivity index (χ1n) is 11.9. The van der Waals surface area contributed by atoms with Gasteiger partial charge in [0.25, 0.3) is 0 Å². The number of hydrogen-bond acceptors (Lipinski definition) is 9. The average molecular weight is 541 g/mol. The first-order valence-corrected chi connectivity index (χ1v) is 16.5. The number of carboxylic acids is 1. The van der Waals surface area contributed by atoms with Crippen LogP contribution in [0.5, 0.6) is 0 Å². The van der Waals surface area contributed by atoms with Crippen molar-refractivity contribution < 1.29 is 46.9 Å². The fourth-order valence-corrected chi connectivity index (χ4v) is 6.47. The quantitative estimate of drug-likeness (QED) is 0.237. The maximum atomic E-state index is 12.8. The zero-order valence-electron chi connectivity index (χ0n) is 22.9. The highest BCUT2D eigenvalue weighted by molar-refractivity contribution is 7.54. The van der Waals surface area contributed by atoms with Crippen molar-refractivity contribution in [3.05, 3.63) is 0 Å². The Kier molecular flexibility index (Phi) is 12.2. The molecule has 1 aliphatic rings. The standard InChI is InChI=1S/C23H45O10PSi/c1-15(17(24)14-34(27,30-7)31-8)11-16-12-20(28-5)32-21(16)22(29-6)18(13-19(25)26)33-35(9,10)23(2,3)4/h15-16,18,20-22H,11-14H2,1-10H3,(H,25,26)/t15-,16-,18-,20-,21+,22+/m1/s1. The number of carboxylic acid groups (broad SMARTS) is 1. The second-order valence-electron chi connectivity index (χ2n) is 10.7. The number of carbonyl (C=O) groups excluding carboxylic acids is 1. The zero-order chi connectivity index (χ0) is 27.2. The summed E-state index contributed by atoms with van der Waals surface area (Å²) in [6.45, 7) is 12.1. The van der Waals surface area contributed by atoms with Gasteiger partial charge in [-0.15, -0.1) is 0 Å². The number of rotatable bonds is 15. The van der Waals surface area contributed by atoms with Gasteiger partial charge in [-0.3, -0.25) is 14.2 Å². The fourth-order valence-electron chi connectivity index (χ4n) is 4.04. The number of methoxy groups -OCH3 is 2. The number of hydrogen-bond donors (Lipinski definition) is 1. The van der Waals surface area contributed by atoms with Crippen LogP contribution in [0.15, 0.2) is 0 Å². The van der Waals surface area contributed by atoms with E-state index in [4.69, 9.17) is 27.7 Å². The van der Waals surface area contributed by atoms with Gasteiger partial charge in [0.1, 0.15) is 18.0 Å². The van der Waals surface area contributed by atoms with Gasteiger partial charge in [-0.25, -0.2) is 0 Å². The molecule has 0 bridgehead atoms. The second kappa shape index (κ2) is 13.2. The summed E-state index contributed by atoms with van der Waals surface area (Å²) in [5.74, 6) is -1.87. The molecule has 0 aromatic carbocycles. The van der Waals surface area contributed by atoms with Crippen molar-refractivity contribution in [1.82, 2.24) is 0 Å². The molecule has 35 heavy (non-hydrogen) atoms. The van der Waals surface area contributed by atoms with Crippen LogP contribution in [0.2, 0.25) is 18.1 Å². The molecule has 0 aliphatic carbocycles. The van der Waals surface area contributed by atoms with Crippen molar-refractivity contribution >= 4 is 27.7 Å². The highest BCUT2D eigenvalue weighted by atomic mass is 31.2. The lowest BCUT2D eigenvalue weighted by molar-refractivity contribution is -0.168. The second-order valence-corrected chi connectivity index (χ2v) is 17.7. The van der Waals surface area contributed by atoms with Gasteiger partial charge in [0.05, 0.1) is 18.6 Å². The van der Waals surface area contributed by atoms with Crippen molar-refractivity contribution in [2.24, 2.45) is 11.8 Å². The van der Waals surface area contributed by atoms with E-state index in [2.05, 4.69) is 33.9 Å². The van der Waals surface area contributed by atoms with E-state index in [0.717, 1.165) is 0 Å². The Bertz CT molecular complexity index is 745. The third-order valence-electron chi connectivity index (χ3n) is 7.23. The molecule has 1 rings (SSSR count). The Hall–Kier alpha value is -0.653. The lowest BCUT2D eigenvalue weighted by Gasteiger charge is -2.42. The van der Waals surface area contributed by atoms with Crippen LogP contribution in [0.4, 0.5) is 0 Å². The Labute approximate surface area is 211 Å². The molecule has 6 atom stereocenters. The molecule has 0 spiro atoms. The minimum absolute atomic E-state index is 0.134. The first kappa shape index (κ1) is 32.4. The molecule has 10 nitrogen and oxygen atoms in total. The summed E-state index contributed by atoms with van der Waals surface area (Å²) < 4.78 is 46.2. The van der Waals surface area contributed by atoms with Gasteiger partial charge >= 0.3 is 13.6 Å². The van der Waals surface area contributed by atoms with E-state index in [-0.39, 0.29) is 29.3 Å². The number of Topliss-reactive ketones (excluding diaryl/α,β-unsaturated/α-hetero) is 1. The molecule has 0 aromatic heterocycles. The summed E-state index contributed by atoms with van der Waals surface area (Å²) in [5, 5.41) is 9.49. The van der Waals surface area contributed by atoms with Crippen LogP contribution < -0.4 is 0 Å². The van der Waals surface area contributed by atoms with Crippen LogP contribution in [-0.2, 0) is 41.8 Å². The molecule has 1 N–H and O–H groups in total. The van der Waals surface area contributed by atoms with E-state index in [1.807, 2.05) is 0 Å². The highest BCUT2D eigenvalue weighted by Gasteiger charge is 2.48. The minimum atomic E-state index is -3.48. The molecule has 1 heterocycles. The maximum absolute atomic E-state index is 12.8. The first-order chi connectivity index (χ1) is 16.0. The molecule has 0 radical (unpaired) electrons. The molecule has 0 amide bonds. The molecule has 0 aromatic rings. The third kappa shape index (κ3) is 9.00. The van der Waals surface area contributed by atoms with Gasteiger partial charge < -0.3 is 32.8 Å². The van der Waals surface area contributed by atoms with E-state index in [1.165, 1.54) is 28.4 Å². The summed E-state index contributed by atoms with van der Waals surface area (Å²) in [4.78, 5) is 24.6. The summed E-state index contributed by atoms with van der Waals surface area (Å²) in [6, 6.07) is 0. The highest BCUT2D eigenvalue weighted by Crippen LogP contribution is 2.47. The zero-order valence-corrected chi connectivity index (χ0v) is 24.8. The molecule has 12 heteroatoms. The van der Waals surface area contributed by atoms with Crippen molar-refractivity contribution in [3.63, 3.8) is 0 Å². The largest absolute Gasteiger partial charge is 0.481 e. The third-order valence-corrected chi connectivity index (χ3v) is 13.5. The van der Waals surface area contributed by atoms with Gasteiger partial charge in [-0.05, 0) is 30.5 Å². The van der Waals surface area contributed by atoms with E-state index < -0.39 is 52.4 Å². The molecule has 0 saturated carbocycles. The van der Waals surface area contributed by atoms with Gasteiger partial charge in [0.15, 0.2) is 14.6 Å². The predicted molar refractivity (Wildman–Crippen MR) is 134 cm³/mol. The van der Waals surface area contributed by atoms with Crippen molar-refractivity contribution in [1.29, 1.82) is 0 Å². The predicted octanol–water partition coefficient (Wildman–Crippen LogP) is 4.33. The van der Waals surface area contributed by atoms with E-state index in [1.54, 1.807) is 6.92 Å². The SMILES string of the molecule is CO[C@H]1C[C@@H](C[C@@H](C)C(=O)CP(=O)(OC)OC)[C@@H]([C@@H](OC)[C@@H](CC(=O)O)O[Si](C)(C)C(C)(C)C)O1. The monoisotopic (exact) mass is 540 g/mol. The van der Waals surface area contributed by atoms with Crippen molar-refractivity contribution in [2.75, 3.05) is 34.6 Å². The average Bonchev–Trinajstić information content (AvgIpc) is 3.15. The lowest BCUT2D eigenvalue weighted by atomic mass is 9.85. The van der Waals surface area contributed by atoms with Gasteiger partial charge in [-0.1, -0.05) is 27.7 Å². The van der Waals surface area contributed by atoms with Gasteiger partial charge in [0, 0.05) is 40.8 Å². The van der Waals surface area contributed by atoms with Crippen molar-refractivity contribution in [3.8, 4) is 0 Å². The van der Waals surface area contributed by atoms with Crippen LogP contribution in [-0.4, -0.2) is 84.4 Å². The molecular formula is C23H45O10PSi. The Morgan fingerprint density at radius 2 is 1.71 bits per heavy atom. The van der Waals surface area contributed by atoms with Gasteiger partial charge in [0.2, 0.25) is 0 Å². The molecule has 1 saturated heterocycles. The number of carbonyl (C=O) groups is 2. The molecule has 1 fully saturated rings. The molecular weight excluding hydrogens is 495 g/mol. The van der Waals surface area contributed by atoms with Crippen molar-refractivity contribution in [2.45, 2.75) is 89.7 Å². The number of ether oxygens (including phenoxy) is 3. The van der Waals surface area contributed by atoms with Crippen LogP contribution >= 0.6 is 7.60 Å². The smallest absolute Gasteiger partial charge is 0.337 e. The normalized spacial score (nSPS) is 24.2. The van der Waals surface area contributed by atoms with E-state index >= 15 is 0 Å². The number of ketones is 1. The Balaban J connectivity index is 3.18. The molecule has 206 valence electrons. The Morgan fingerprint density at radius 1 is 1.14 bits per heavy atom. The summed E-state index contributed by atoms with van der Waals surface area (Å²) in [5.41, 5.74) is 0. The Morgan fingerprint density at radius 3 is 2.14 bits per heavy atom.